The van der Waals surface area contributed by atoms with E-state index in [-0.39, 0.29) is 19.1 Å². The summed E-state index contributed by atoms with van der Waals surface area (Å²) in [4.78, 5) is 22.9. The minimum absolute atomic E-state index is 0.0531. The summed E-state index contributed by atoms with van der Waals surface area (Å²) in [6.07, 6.45) is 37.7. The van der Waals surface area contributed by atoms with Crippen LogP contribution in [-0.2, 0) is 18.4 Å². The number of aliphatic hydroxyl groups excluding tert-OH is 1. The van der Waals surface area contributed by atoms with Crippen molar-refractivity contribution >= 4 is 13.7 Å². The first-order valence-electron chi connectivity index (χ1n) is 19.0. The Morgan fingerprint density at radius 2 is 1.25 bits per heavy atom. The highest BCUT2D eigenvalue weighted by Crippen LogP contribution is 2.43. The zero-order chi connectivity index (χ0) is 35.8. The van der Waals surface area contributed by atoms with E-state index in [9.17, 15) is 19.4 Å². The lowest BCUT2D eigenvalue weighted by molar-refractivity contribution is -0.870. The van der Waals surface area contributed by atoms with Crippen molar-refractivity contribution in [2.24, 2.45) is 0 Å². The van der Waals surface area contributed by atoms with Gasteiger partial charge in [0, 0.05) is 6.42 Å². The van der Waals surface area contributed by atoms with Crippen molar-refractivity contribution in [1.82, 2.24) is 5.32 Å². The number of phosphoric ester groups is 1. The van der Waals surface area contributed by atoms with E-state index in [2.05, 4.69) is 55.6 Å². The van der Waals surface area contributed by atoms with Gasteiger partial charge in [0.25, 0.3) is 0 Å². The number of carbonyl (C=O) groups excluding carboxylic acids is 1. The van der Waals surface area contributed by atoms with E-state index in [4.69, 9.17) is 9.05 Å². The fraction of sp³-hybridized carbons (Fsp3) is 0.769. The molecule has 280 valence electrons. The number of nitrogens with one attached hydrogen (secondary N) is 1. The number of unbranched alkanes of at least 4 members (excludes halogenated alkanes) is 14. The number of amides is 1. The van der Waals surface area contributed by atoms with Crippen molar-refractivity contribution in [3.8, 4) is 0 Å². The van der Waals surface area contributed by atoms with E-state index in [1.165, 1.54) is 70.6 Å². The van der Waals surface area contributed by atoms with Gasteiger partial charge in [-0.05, 0) is 57.8 Å². The van der Waals surface area contributed by atoms with Gasteiger partial charge in [0.2, 0.25) is 5.91 Å². The zero-order valence-electron chi connectivity index (χ0n) is 31.5. The molecule has 3 atom stereocenters. The Kier molecular flexibility index (Phi) is 30.4. The maximum atomic E-state index is 12.7. The summed E-state index contributed by atoms with van der Waals surface area (Å²) in [7, 11) is 1.54. The van der Waals surface area contributed by atoms with Crippen LogP contribution in [0.4, 0.5) is 0 Å². The number of carbonyl (C=O) groups is 1. The maximum Gasteiger partial charge on any atom is 0.472 e. The van der Waals surface area contributed by atoms with Crippen molar-refractivity contribution in [1.29, 1.82) is 0 Å². The number of quaternary nitrogens is 1. The molecule has 0 aromatic carbocycles. The van der Waals surface area contributed by atoms with Crippen LogP contribution in [-0.4, -0.2) is 73.4 Å². The van der Waals surface area contributed by atoms with Crippen LogP contribution in [0.1, 0.15) is 142 Å². The van der Waals surface area contributed by atoms with E-state index in [0.29, 0.717) is 17.4 Å². The average Bonchev–Trinajstić information content (AvgIpc) is 3.02. The number of hydrogen-bond donors (Lipinski definition) is 3. The Morgan fingerprint density at radius 3 is 1.85 bits per heavy atom. The van der Waals surface area contributed by atoms with Gasteiger partial charge in [-0.15, -0.1) is 0 Å². The van der Waals surface area contributed by atoms with E-state index in [0.717, 1.165) is 51.4 Å². The molecule has 0 aliphatic carbocycles. The number of nitrogens with zero attached hydrogens (tertiary/aromatic N) is 1. The van der Waals surface area contributed by atoms with Crippen molar-refractivity contribution in [3.63, 3.8) is 0 Å². The second kappa shape index (κ2) is 31.4. The molecule has 0 spiro atoms. The third kappa shape index (κ3) is 33.0. The number of allylic oxidation sites excluding steroid dienone is 7. The van der Waals surface area contributed by atoms with Crippen LogP contribution in [0.25, 0.3) is 0 Å². The van der Waals surface area contributed by atoms with Crippen molar-refractivity contribution in [3.05, 3.63) is 48.6 Å². The molecule has 0 aromatic rings. The molecule has 3 N–H and O–H groups in total. The predicted molar refractivity (Wildman–Crippen MR) is 203 cm³/mol. The largest absolute Gasteiger partial charge is 0.472 e. The van der Waals surface area contributed by atoms with Gasteiger partial charge in [0.1, 0.15) is 13.2 Å². The second-order valence-corrected chi connectivity index (χ2v) is 15.4. The van der Waals surface area contributed by atoms with E-state index in [1.54, 1.807) is 6.08 Å². The smallest absolute Gasteiger partial charge is 0.387 e. The minimum Gasteiger partial charge on any atom is -0.387 e. The molecule has 0 bridgehead atoms. The van der Waals surface area contributed by atoms with Crippen LogP contribution in [0.15, 0.2) is 48.6 Å². The van der Waals surface area contributed by atoms with Crippen LogP contribution < -0.4 is 5.32 Å². The SMILES string of the molecule is CCC/C=C/CC/C=C/C(O)C(COP(=O)(O)OCC[N+](C)(C)C)NC(=O)CCCCCCCCCCC/C=C\C/C=C\CCCCC. The van der Waals surface area contributed by atoms with Crippen LogP contribution >= 0.6 is 7.82 Å². The summed E-state index contributed by atoms with van der Waals surface area (Å²) in [6.45, 7) is 4.62. The average molecular weight is 698 g/mol. The van der Waals surface area contributed by atoms with Crippen LogP contribution in [0, 0.1) is 0 Å². The monoisotopic (exact) mass is 698 g/mol. The number of hydrogen-bond acceptors (Lipinski definition) is 5. The fourth-order valence-electron chi connectivity index (χ4n) is 4.92. The summed E-state index contributed by atoms with van der Waals surface area (Å²) in [5.41, 5.74) is 0. The molecule has 0 saturated carbocycles. The normalized spacial score (nSPS) is 15.2. The molecule has 0 aromatic heterocycles. The number of aliphatic hydroxyl groups is 1. The molecule has 0 radical (unpaired) electrons. The zero-order valence-corrected chi connectivity index (χ0v) is 32.4. The van der Waals surface area contributed by atoms with E-state index in [1.807, 2.05) is 27.2 Å². The van der Waals surface area contributed by atoms with Crippen LogP contribution in [0.3, 0.4) is 0 Å². The molecule has 0 saturated heterocycles. The lowest BCUT2D eigenvalue weighted by Gasteiger charge is -2.25. The third-order valence-corrected chi connectivity index (χ3v) is 8.99. The third-order valence-electron chi connectivity index (χ3n) is 8.00. The quantitative estimate of drug-likeness (QED) is 0.0273. The Balaban J connectivity index is 4.34. The molecule has 9 heteroatoms. The van der Waals surface area contributed by atoms with Crippen molar-refractivity contribution < 1.29 is 32.9 Å². The van der Waals surface area contributed by atoms with Crippen molar-refractivity contribution in [2.75, 3.05) is 40.9 Å². The molecule has 0 aliphatic rings. The van der Waals surface area contributed by atoms with Gasteiger partial charge in [-0.1, -0.05) is 127 Å². The van der Waals surface area contributed by atoms with Crippen LogP contribution in [0.5, 0.6) is 0 Å². The molecular formula is C39H74N2O6P+. The first-order chi connectivity index (χ1) is 23.0. The fourth-order valence-corrected chi connectivity index (χ4v) is 5.65. The van der Waals surface area contributed by atoms with Gasteiger partial charge < -0.3 is 19.8 Å². The standard InChI is InChI=1S/C39H73N2O6P/c1-6-8-10-12-14-15-16-17-18-19-20-21-22-23-24-25-27-29-31-33-39(43)40-37(38(42)32-30-28-26-13-11-9-7-2)36-47-48(44,45)46-35-34-41(3,4)5/h11,13-15,17-18,30,32,37-38,42H,6-10,12,16,19-29,31,33-36H2,1-5H3,(H-,40,43,44,45)/p+1/b13-11+,15-14-,18-17-,32-30+. The topological polar surface area (TPSA) is 105 Å². The van der Waals surface area contributed by atoms with E-state index < -0.39 is 20.0 Å². The van der Waals surface area contributed by atoms with Gasteiger partial charge in [-0.3, -0.25) is 13.8 Å². The van der Waals surface area contributed by atoms with Gasteiger partial charge >= 0.3 is 7.82 Å². The molecule has 0 fully saturated rings. The lowest BCUT2D eigenvalue weighted by atomic mass is 10.1. The molecule has 48 heavy (non-hydrogen) atoms. The number of rotatable bonds is 33. The lowest BCUT2D eigenvalue weighted by Crippen LogP contribution is -2.45. The first-order valence-corrected chi connectivity index (χ1v) is 20.5. The van der Waals surface area contributed by atoms with Crippen LogP contribution in [0.2, 0.25) is 0 Å². The maximum absolute atomic E-state index is 12.7. The highest BCUT2D eigenvalue weighted by Gasteiger charge is 2.27. The highest BCUT2D eigenvalue weighted by molar-refractivity contribution is 7.47. The molecular weight excluding hydrogens is 623 g/mol. The second-order valence-electron chi connectivity index (χ2n) is 13.9. The molecule has 3 unspecified atom stereocenters. The predicted octanol–water partition coefficient (Wildman–Crippen LogP) is 9.74. The molecule has 1 amide bonds. The highest BCUT2D eigenvalue weighted by atomic mass is 31.2. The summed E-state index contributed by atoms with van der Waals surface area (Å²) >= 11 is 0. The molecule has 8 nitrogen and oxygen atoms in total. The summed E-state index contributed by atoms with van der Waals surface area (Å²) in [5.74, 6) is -0.200. The summed E-state index contributed by atoms with van der Waals surface area (Å²) in [6, 6.07) is -0.862. The Bertz CT molecular complexity index is 928. The van der Waals surface area contributed by atoms with Gasteiger partial charge in [-0.25, -0.2) is 4.57 Å². The van der Waals surface area contributed by atoms with E-state index >= 15 is 0 Å². The van der Waals surface area contributed by atoms with Gasteiger partial charge in [0.15, 0.2) is 0 Å². The van der Waals surface area contributed by atoms with Crippen molar-refractivity contribution in [2.45, 2.75) is 154 Å². The summed E-state index contributed by atoms with van der Waals surface area (Å²) in [5, 5.41) is 13.6. The Hall–Kier alpha value is -1.54. The number of likely N-dealkylation sites (N-methyl/N-ethyl adjacent to an activating group) is 1. The van der Waals surface area contributed by atoms with Gasteiger partial charge in [0.05, 0.1) is 39.9 Å². The molecule has 0 aliphatic heterocycles. The number of phosphoric acid groups is 1. The Labute approximate surface area is 295 Å². The van der Waals surface area contributed by atoms with Gasteiger partial charge in [-0.2, -0.15) is 0 Å². The first kappa shape index (κ1) is 46.5. The molecule has 0 rings (SSSR count). The Morgan fingerprint density at radius 1 is 0.708 bits per heavy atom. The minimum atomic E-state index is -4.33. The molecule has 0 heterocycles. The summed E-state index contributed by atoms with van der Waals surface area (Å²) < 4.78 is 23.3.